The number of carbonyl (C=O) groups is 1. The van der Waals surface area contributed by atoms with E-state index in [1.807, 2.05) is 0 Å². The van der Waals surface area contributed by atoms with E-state index in [0.717, 1.165) is 0 Å². The van der Waals surface area contributed by atoms with E-state index < -0.39 is 63.6 Å². The normalized spacial score (nSPS) is 12.2. The first-order valence-electron chi connectivity index (χ1n) is 7.56. The topological polar surface area (TPSA) is 97.8 Å². The summed E-state index contributed by atoms with van der Waals surface area (Å²) in [5.74, 6) is -10.6. The van der Waals surface area contributed by atoms with Crippen molar-refractivity contribution in [3.63, 3.8) is 0 Å². The van der Waals surface area contributed by atoms with Crippen molar-refractivity contribution >= 4 is 29.6 Å². The van der Waals surface area contributed by atoms with Crippen LogP contribution in [-0.2, 0) is 9.53 Å². The van der Waals surface area contributed by atoms with E-state index in [1.165, 1.54) is 6.92 Å². The van der Waals surface area contributed by atoms with Gasteiger partial charge in [-0.1, -0.05) is 0 Å². The molecule has 0 fully saturated rings. The van der Waals surface area contributed by atoms with Crippen LogP contribution in [0.2, 0.25) is 0 Å². The van der Waals surface area contributed by atoms with Gasteiger partial charge < -0.3 is 15.6 Å². The molecule has 1 heterocycles. The Hall–Kier alpha value is -3.50. The number of nitrogen functional groups attached to an aromatic ring is 1. The first kappa shape index (κ1) is 20.8. The van der Waals surface area contributed by atoms with Gasteiger partial charge in [0.05, 0.1) is 12.2 Å². The Kier molecular flexibility index (Phi) is 6.29. The highest BCUT2D eigenvalue weighted by Gasteiger charge is 2.21. The Morgan fingerprint density at radius 2 is 1.71 bits per heavy atom. The van der Waals surface area contributed by atoms with Gasteiger partial charge in [-0.05, 0) is 13.0 Å². The van der Waals surface area contributed by atoms with Gasteiger partial charge in [-0.15, -0.1) is 0 Å². The molecular weight excluding hydrogens is 389 g/mol. The second-order valence-electron chi connectivity index (χ2n) is 5.15. The summed E-state index contributed by atoms with van der Waals surface area (Å²) in [4.78, 5) is 18.8. The lowest BCUT2D eigenvalue weighted by molar-refractivity contribution is -0.137. The largest absolute Gasteiger partial charge is 0.506 e. The molecule has 6 nitrogen and oxygen atoms in total. The second kappa shape index (κ2) is 8.46. The highest BCUT2D eigenvalue weighted by atomic mass is 19.2. The average Bonchev–Trinajstić information content (AvgIpc) is 2.62. The number of hydrogen-bond acceptors (Lipinski definition) is 6. The van der Waals surface area contributed by atoms with Crippen LogP contribution in [0.15, 0.2) is 28.8 Å². The Morgan fingerprint density at radius 3 is 2.36 bits per heavy atom. The third-order valence-corrected chi connectivity index (χ3v) is 3.27. The predicted molar refractivity (Wildman–Crippen MR) is 89.2 cm³/mol. The fourth-order valence-electron chi connectivity index (χ4n) is 1.96. The van der Waals surface area contributed by atoms with Crippen molar-refractivity contribution in [3.8, 4) is 0 Å². The molecule has 28 heavy (non-hydrogen) atoms. The molecule has 0 bridgehead atoms. The summed E-state index contributed by atoms with van der Waals surface area (Å²) in [6.07, 6.45) is 0.538. The van der Waals surface area contributed by atoms with E-state index in [4.69, 9.17) is 5.73 Å². The first-order chi connectivity index (χ1) is 13.1. The smallest absolute Gasteiger partial charge is 0.343 e. The number of benzene rings is 1. The van der Waals surface area contributed by atoms with E-state index in [0.29, 0.717) is 18.3 Å². The number of nitrogens with zero attached hydrogens (tertiary/aromatic N) is 2. The Labute approximate surface area is 154 Å². The minimum absolute atomic E-state index is 0.155. The molecule has 0 aliphatic rings. The van der Waals surface area contributed by atoms with Gasteiger partial charge >= 0.3 is 5.97 Å². The van der Waals surface area contributed by atoms with Crippen molar-refractivity contribution < 1.29 is 36.6 Å². The van der Waals surface area contributed by atoms with Crippen LogP contribution in [0.3, 0.4) is 0 Å². The molecule has 0 atom stereocenters. The molecule has 0 aliphatic carbocycles. The molecule has 0 saturated carbocycles. The highest BCUT2D eigenvalue weighted by molar-refractivity contribution is 6.15. The number of ether oxygens (including phenoxy) is 1. The van der Waals surface area contributed by atoms with E-state index >= 15 is 0 Å². The van der Waals surface area contributed by atoms with Crippen LogP contribution in [0, 0.1) is 29.1 Å². The third kappa shape index (κ3) is 4.42. The minimum Gasteiger partial charge on any atom is -0.506 e. The summed E-state index contributed by atoms with van der Waals surface area (Å²) in [5, 5.41) is 10.2. The number of hydrogen-bond donors (Lipinski definition) is 2. The zero-order valence-electron chi connectivity index (χ0n) is 14.1. The first-order valence-corrected chi connectivity index (χ1v) is 7.56. The second-order valence-corrected chi connectivity index (χ2v) is 5.15. The van der Waals surface area contributed by atoms with Crippen LogP contribution in [0.4, 0.5) is 33.6 Å². The summed E-state index contributed by atoms with van der Waals surface area (Å²) in [7, 11) is 0. The molecule has 1 aromatic heterocycles. The summed E-state index contributed by atoms with van der Waals surface area (Å²) < 4.78 is 71.8. The number of aromatic nitrogens is 1. The Morgan fingerprint density at radius 1 is 1.11 bits per heavy atom. The Balaban J connectivity index is 2.60. The number of esters is 1. The van der Waals surface area contributed by atoms with Gasteiger partial charge in [0, 0.05) is 18.3 Å². The van der Waals surface area contributed by atoms with Crippen LogP contribution in [0.25, 0.3) is 5.76 Å². The molecule has 0 amide bonds. The van der Waals surface area contributed by atoms with Crippen molar-refractivity contribution in [2.45, 2.75) is 6.92 Å². The molecule has 0 saturated heterocycles. The van der Waals surface area contributed by atoms with E-state index in [1.54, 1.807) is 0 Å². The molecule has 0 radical (unpaired) electrons. The van der Waals surface area contributed by atoms with Crippen molar-refractivity contribution in [2.75, 3.05) is 12.3 Å². The minimum atomic E-state index is -1.52. The van der Waals surface area contributed by atoms with Crippen molar-refractivity contribution in [1.82, 2.24) is 4.98 Å². The summed E-state index contributed by atoms with van der Waals surface area (Å²) in [6.45, 7) is 1.25. The van der Waals surface area contributed by atoms with Gasteiger partial charge in [0.1, 0.15) is 17.1 Å². The maximum absolute atomic E-state index is 13.9. The van der Waals surface area contributed by atoms with E-state index in [9.17, 15) is 31.9 Å². The predicted octanol–water partition coefficient (Wildman–Crippen LogP) is 3.59. The lowest BCUT2D eigenvalue weighted by Gasteiger charge is -2.08. The van der Waals surface area contributed by atoms with Crippen LogP contribution in [0.5, 0.6) is 0 Å². The number of nitrogens with two attached hydrogens (primary N) is 1. The van der Waals surface area contributed by atoms with Crippen molar-refractivity contribution in [1.29, 1.82) is 0 Å². The average molecular weight is 401 g/mol. The quantitative estimate of drug-likeness (QED) is 0.199. The van der Waals surface area contributed by atoms with Crippen molar-refractivity contribution in [2.24, 2.45) is 4.99 Å². The molecule has 0 spiro atoms. The SMILES string of the molecule is CCOC(=O)C(C=Nc1nc(N)c(F)cc1F)=C(O)c1cc(F)c(F)cc1F. The number of pyridine rings is 1. The van der Waals surface area contributed by atoms with Crippen LogP contribution in [0.1, 0.15) is 12.5 Å². The monoisotopic (exact) mass is 401 g/mol. The van der Waals surface area contributed by atoms with Crippen LogP contribution < -0.4 is 5.73 Å². The molecular formula is C17H12F5N3O3. The fraction of sp³-hybridized carbons (Fsp3) is 0.118. The zero-order valence-corrected chi connectivity index (χ0v) is 14.1. The zero-order chi connectivity index (χ0) is 21.0. The maximum Gasteiger partial charge on any atom is 0.343 e. The van der Waals surface area contributed by atoms with Gasteiger partial charge in [-0.25, -0.2) is 36.7 Å². The molecule has 11 heteroatoms. The maximum atomic E-state index is 13.9. The van der Waals surface area contributed by atoms with E-state index in [2.05, 4.69) is 14.7 Å². The van der Waals surface area contributed by atoms with Gasteiger partial charge in [-0.2, -0.15) is 0 Å². The van der Waals surface area contributed by atoms with Gasteiger partial charge in [0.15, 0.2) is 34.9 Å². The molecule has 0 unspecified atom stereocenters. The van der Waals surface area contributed by atoms with Gasteiger partial charge in [-0.3, -0.25) is 0 Å². The highest BCUT2D eigenvalue weighted by Crippen LogP contribution is 2.24. The van der Waals surface area contributed by atoms with Gasteiger partial charge in [0.2, 0.25) is 0 Å². The summed E-state index contributed by atoms with van der Waals surface area (Å²) in [6, 6.07) is 0.849. The molecule has 2 rings (SSSR count). The van der Waals surface area contributed by atoms with Gasteiger partial charge in [0.25, 0.3) is 0 Å². The lowest BCUT2D eigenvalue weighted by atomic mass is 10.1. The third-order valence-electron chi connectivity index (χ3n) is 3.27. The standard InChI is InChI=1S/C17H12F5N3O3/c1-2-28-17(27)8(6-24-16-13(22)5-12(21)15(23)25-16)14(26)7-3-10(19)11(20)4-9(7)18/h3-6,26H,2H2,1H3,(H2,23,25). The molecule has 148 valence electrons. The number of aliphatic imine (C=N–C) groups is 1. The summed E-state index contributed by atoms with van der Waals surface area (Å²) in [5.41, 5.74) is 3.50. The fourth-order valence-corrected chi connectivity index (χ4v) is 1.96. The van der Waals surface area contributed by atoms with Crippen LogP contribution in [-0.4, -0.2) is 28.9 Å². The number of aliphatic hydroxyl groups excluding tert-OH is 1. The molecule has 3 N–H and O–H groups in total. The number of anilines is 1. The van der Waals surface area contributed by atoms with Crippen molar-refractivity contribution in [3.05, 3.63) is 58.4 Å². The lowest BCUT2D eigenvalue weighted by Crippen LogP contribution is -2.12. The molecule has 0 aliphatic heterocycles. The van der Waals surface area contributed by atoms with Crippen LogP contribution >= 0.6 is 0 Å². The Bertz CT molecular complexity index is 992. The van der Waals surface area contributed by atoms with E-state index in [-0.39, 0.29) is 12.7 Å². The molecule has 1 aromatic carbocycles. The summed E-state index contributed by atoms with van der Waals surface area (Å²) >= 11 is 0. The number of aliphatic hydroxyl groups is 1. The number of halogens is 5. The molecule has 2 aromatic rings. The number of carbonyl (C=O) groups excluding carboxylic acids is 1. The number of rotatable bonds is 5.